The Morgan fingerprint density at radius 2 is 1.87 bits per heavy atom. The number of benzene rings is 1. The third-order valence-corrected chi connectivity index (χ3v) is 5.10. The molecule has 3 N–H and O–H groups in total. The molecule has 1 aromatic carbocycles. The molecule has 2 aliphatic heterocycles. The first kappa shape index (κ1) is 14.9. The third-order valence-electron chi connectivity index (χ3n) is 5.10. The van der Waals surface area contributed by atoms with Crippen LogP contribution < -0.4 is 15.9 Å². The van der Waals surface area contributed by atoms with Gasteiger partial charge in [0.05, 0.1) is 6.54 Å². The Labute approximate surface area is 137 Å². The maximum atomic E-state index is 12.3. The number of likely N-dealkylation sites (tertiary alicyclic amines) is 1. The van der Waals surface area contributed by atoms with Crippen LogP contribution in [0.4, 0.5) is 11.4 Å². The van der Waals surface area contributed by atoms with Gasteiger partial charge in [-0.2, -0.15) is 5.43 Å². The first-order chi connectivity index (χ1) is 11.3. The molecule has 6 heteroatoms. The Hall–Kier alpha value is -1.63. The molecule has 1 fully saturated rings. The summed E-state index contributed by atoms with van der Waals surface area (Å²) in [6.07, 6.45) is 7.34. The Morgan fingerprint density at radius 1 is 1.09 bits per heavy atom. The van der Waals surface area contributed by atoms with Gasteiger partial charge in [0, 0.05) is 12.6 Å². The number of hydrogen-bond donors (Lipinski definition) is 3. The lowest BCUT2D eigenvalue weighted by Crippen LogP contribution is -3.11. The van der Waals surface area contributed by atoms with Gasteiger partial charge in [-0.05, 0) is 62.4 Å². The van der Waals surface area contributed by atoms with Gasteiger partial charge in [0.25, 0.3) is 0 Å². The molecule has 1 atom stereocenters. The van der Waals surface area contributed by atoms with E-state index in [0.29, 0.717) is 5.96 Å². The van der Waals surface area contributed by atoms with Crippen LogP contribution in [-0.2, 0) is 12.8 Å². The van der Waals surface area contributed by atoms with Gasteiger partial charge in [-0.3, -0.25) is 0 Å². The Kier molecular flexibility index (Phi) is 4.20. The van der Waals surface area contributed by atoms with Gasteiger partial charge in [-0.1, -0.05) is 6.42 Å². The summed E-state index contributed by atoms with van der Waals surface area (Å²) in [6, 6.07) is 4.18. The van der Waals surface area contributed by atoms with E-state index in [1.807, 2.05) is 6.07 Å². The minimum absolute atomic E-state index is 0.0369. The number of anilines is 1. The van der Waals surface area contributed by atoms with Crippen LogP contribution in [0.15, 0.2) is 17.1 Å². The van der Waals surface area contributed by atoms with Gasteiger partial charge in [-0.25, -0.2) is 10.2 Å². The highest BCUT2D eigenvalue weighted by Crippen LogP contribution is 2.30. The van der Waals surface area contributed by atoms with Gasteiger partial charge in [0.2, 0.25) is 5.96 Å². The second-order valence-electron chi connectivity index (χ2n) is 6.73. The number of guanidine groups is 1. The van der Waals surface area contributed by atoms with E-state index >= 15 is 0 Å². The minimum Gasteiger partial charge on any atom is -0.603 e. The zero-order valence-electron chi connectivity index (χ0n) is 13.5. The summed E-state index contributed by atoms with van der Waals surface area (Å²) in [6.45, 7) is 4.06. The molecular weight excluding hydrogens is 290 g/mol. The van der Waals surface area contributed by atoms with Crippen LogP contribution in [0.3, 0.4) is 0 Å². The lowest BCUT2D eigenvalue weighted by atomic mass is 10.1. The monoisotopic (exact) mass is 315 g/mol. The number of nitrogens with one attached hydrogen (secondary N) is 3. The number of quaternary nitrogens is 1. The molecule has 0 amide bonds. The molecular formula is C17H25N5O. The van der Waals surface area contributed by atoms with E-state index in [4.69, 9.17) is 0 Å². The van der Waals surface area contributed by atoms with Crippen molar-refractivity contribution in [3.63, 3.8) is 0 Å². The van der Waals surface area contributed by atoms with Gasteiger partial charge < -0.3 is 15.4 Å². The van der Waals surface area contributed by atoms with Crippen molar-refractivity contribution in [2.75, 3.05) is 31.5 Å². The number of piperidine rings is 1. The molecule has 1 saturated heterocycles. The molecule has 0 radical (unpaired) electrons. The molecule has 1 aliphatic carbocycles. The largest absolute Gasteiger partial charge is 0.603 e. The summed E-state index contributed by atoms with van der Waals surface area (Å²) in [5.41, 5.74) is 7.24. The molecule has 23 heavy (non-hydrogen) atoms. The minimum atomic E-state index is -0.0369. The van der Waals surface area contributed by atoms with E-state index in [1.165, 1.54) is 49.9 Å². The zero-order valence-corrected chi connectivity index (χ0v) is 13.5. The summed E-state index contributed by atoms with van der Waals surface area (Å²) < 4.78 is 0. The molecule has 124 valence electrons. The highest BCUT2D eigenvalue weighted by molar-refractivity contribution is 5.96. The smallest absolute Gasteiger partial charge is 0.243 e. The van der Waals surface area contributed by atoms with Crippen molar-refractivity contribution in [3.05, 3.63) is 28.5 Å². The number of aryl methyl sites for hydroxylation is 2. The number of fused-ring (bicyclic) bond motifs is 2. The molecule has 3 aliphatic rings. The molecule has 0 spiro atoms. The average molecular weight is 315 g/mol. The van der Waals surface area contributed by atoms with Crippen LogP contribution in [0.25, 0.3) is 0 Å². The number of nitrogens with zero attached hydrogens (tertiary/aromatic N) is 2. The second-order valence-corrected chi connectivity index (χ2v) is 6.73. The van der Waals surface area contributed by atoms with Crippen LogP contribution in [-0.4, -0.2) is 37.0 Å². The van der Waals surface area contributed by atoms with E-state index in [0.717, 1.165) is 37.3 Å². The fourth-order valence-corrected chi connectivity index (χ4v) is 3.81. The van der Waals surface area contributed by atoms with E-state index in [-0.39, 0.29) is 5.17 Å². The summed E-state index contributed by atoms with van der Waals surface area (Å²) in [5.74, 6) is 0.595. The standard InChI is InChI=1S/C17H25N5O/c23-22-16-12-14-6-4-5-13(14)11-15(16)19-17(20-22)18-7-10-21-8-2-1-3-9-21/h11-12,22H,1-10H2,(H2,18,19,20). The van der Waals surface area contributed by atoms with E-state index in [2.05, 4.69) is 26.7 Å². The predicted octanol–water partition coefficient (Wildman–Crippen LogP) is 0.962. The normalized spacial score (nSPS) is 25.6. The summed E-state index contributed by atoms with van der Waals surface area (Å²) in [5, 5.41) is 15.6. The first-order valence-electron chi connectivity index (χ1n) is 8.80. The Bertz CT molecular complexity index is 609. The molecule has 0 aromatic heterocycles. The van der Waals surface area contributed by atoms with Crippen LogP contribution in [0.5, 0.6) is 0 Å². The van der Waals surface area contributed by atoms with Crippen LogP contribution >= 0.6 is 0 Å². The van der Waals surface area contributed by atoms with Crippen LogP contribution in [0.1, 0.15) is 36.8 Å². The van der Waals surface area contributed by atoms with Crippen LogP contribution in [0, 0.1) is 5.21 Å². The number of aliphatic imine (C=N–C) groups is 1. The second kappa shape index (κ2) is 6.47. The maximum absolute atomic E-state index is 12.3. The molecule has 6 nitrogen and oxygen atoms in total. The van der Waals surface area contributed by atoms with Gasteiger partial charge in [0.15, 0.2) is 5.69 Å². The van der Waals surface area contributed by atoms with Crippen molar-refractivity contribution in [2.24, 2.45) is 4.99 Å². The fourth-order valence-electron chi connectivity index (χ4n) is 3.81. The third kappa shape index (κ3) is 3.20. The summed E-state index contributed by atoms with van der Waals surface area (Å²) in [7, 11) is 0. The molecule has 0 bridgehead atoms. The molecule has 1 aromatic rings. The van der Waals surface area contributed by atoms with Crippen molar-refractivity contribution >= 4 is 17.3 Å². The molecule has 1 unspecified atom stereocenters. The zero-order chi connectivity index (χ0) is 15.6. The molecule has 2 heterocycles. The van der Waals surface area contributed by atoms with Crippen molar-refractivity contribution in [2.45, 2.75) is 38.5 Å². The first-order valence-corrected chi connectivity index (χ1v) is 8.80. The summed E-state index contributed by atoms with van der Waals surface area (Å²) in [4.78, 5) is 7.01. The van der Waals surface area contributed by atoms with Gasteiger partial charge in [0.1, 0.15) is 5.69 Å². The van der Waals surface area contributed by atoms with Crippen molar-refractivity contribution in [1.29, 1.82) is 0 Å². The SMILES string of the molecule is [O-][NH+]1NC(=NCCN2CCCCC2)Nc2cc3c(cc21)CCC3. The fraction of sp³-hybridized carbons (Fsp3) is 0.588. The lowest BCUT2D eigenvalue weighted by Gasteiger charge is -2.31. The lowest BCUT2D eigenvalue weighted by molar-refractivity contribution is -0.816. The Morgan fingerprint density at radius 3 is 2.70 bits per heavy atom. The molecule has 4 rings (SSSR count). The van der Waals surface area contributed by atoms with E-state index < -0.39 is 0 Å². The van der Waals surface area contributed by atoms with E-state index in [1.54, 1.807) is 0 Å². The topological polar surface area (TPSA) is 67.2 Å². The predicted molar refractivity (Wildman–Crippen MR) is 91.8 cm³/mol. The van der Waals surface area contributed by atoms with Crippen molar-refractivity contribution < 1.29 is 5.17 Å². The highest BCUT2D eigenvalue weighted by atomic mass is 16.5. The maximum Gasteiger partial charge on any atom is 0.243 e. The van der Waals surface area contributed by atoms with Crippen molar-refractivity contribution in [1.82, 2.24) is 10.3 Å². The number of hydrogen-bond acceptors (Lipinski definition) is 3. The van der Waals surface area contributed by atoms with Gasteiger partial charge >= 0.3 is 0 Å². The Balaban J connectivity index is 1.42. The van der Waals surface area contributed by atoms with Crippen molar-refractivity contribution in [3.8, 4) is 0 Å². The average Bonchev–Trinajstić information content (AvgIpc) is 3.02. The van der Waals surface area contributed by atoms with E-state index in [9.17, 15) is 5.21 Å². The highest BCUT2D eigenvalue weighted by Gasteiger charge is 2.24. The summed E-state index contributed by atoms with van der Waals surface area (Å²) >= 11 is 0. The number of rotatable bonds is 3. The molecule has 0 saturated carbocycles. The quantitative estimate of drug-likeness (QED) is 0.727. The van der Waals surface area contributed by atoms with Crippen LogP contribution in [0.2, 0.25) is 0 Å². The van der Waals surface area contributed by atoms with Gasteiger partial charge in [-0.15, -0.1) is 0 Å².